The molecule has 1 aliphatic heterocycles. The highest BCUT2D eigenvalue weighted by atomic mass is 28.3. The minimum atomic E-state index is -1.55. The van der Waals surface area contributed by atoms with E-state index in [2.05, 4.69) is 36.4 Å². The van der Waals surface area contributed by atoms with Gasteiger partial charge in [-0.15, -0.1) is 5.54 Å². The fourth-order valence-electron chi connectivity index (χ4n) is 1.95. The largest absolute Gasteiger partial charge is 0.325 e. The highest BCUT2D eigenvalue weighted by molar-refractivity contribution is 6.83. The Hall–Kier alpha value is -1.60. The monoisotopic (exact) mass is 275 g/mol. The third-order valence-corrected chi connectivity index (χ3v) is 4.04. The molecule has 0 aliphatic carbocycles. The number of nitrogens with one attached hydrogen (secondary N) is 1. The number of halogens is 1. The van der Waals surface area contributed by atoms with Crippen molar-refractivity contribution in [2.75, 3.05) is 5.32 Å². The van der Waals surface area contributed by atoms with E-state index in [-0.39, 0.29) is 11.7 Å². The molecular formula is C15H18FNOSi. The number of carbonyl (C=O) groups excluding carboxylic acids is 1. The molecule has 0 saturated carbocycles. The Morgan fingerprint density at radius 1 is 1.26 bits per heavy atom. The standard InChI is InChI=1S/C15H18FNOSi/c1-15(2)11-9-12(16)10(6-7-19(3,4)5)8-13(11)17-14(15)18/h8-9H,1-5H3,(H,17,18). The fraction of sp³-hybridized carbons (Fsp3) is 0.400. The zero-order valence-corrected chi connectivity index (χ0v) is 12.9. The summed E-state index contributed by atoms with van der Waals surface area (Å²) in [6.45, 7) is 9.91. The summed E-state index contributed by atoms with van der Waals surface area (Å²) in [6, 6.07) is 3.08. The van der Waals surface area contributed by atoms with Crippen molar-refractivity contribution >= 4 is 19.7 Å². The van der Waals surface area contributed by atoms with Gasteiger partial charge in [0.05, 0.1) is 11.0 Å². The smallest absolute Gasteiger partial charge is 0.234 e. The van der Waals surface area contributed by atoms with E-state index in [1.54, 1.807) is 19.9 Å². The number of fused-ring (bicyclic) bond motifs is 1. The van der Waals surface area contributed by atoms with Crippen LogP contribution in [0.25, 0.3) is 0 Å². The van der Waals surface area contributed by atoms with Crippen LogP contribution in [0.1, 0.15) is 25.0 Å². The van der Waals surface area contributed by atoms with E-state index in [4.69, 9.17) is 0 Å². The van der Waals surface area contributed by atoms with Crippen LogP contribution < -0.4 is 5.32 Å². The van der Waals surface area contributed by atoms with E-state index in [1.165, 1.54) is 6.07 Å². The first-order valence-electron chi connectivity index (χ1n) is 6.30. The maximum Gasteiger partial charge on any atom is 0.234 e. The Morgan fingerprint density at radius 2 is 1.89 bits per heavy atom. The van der Waals surface area contributed by atoms with Gasteiger partial charge in [0.2, 0.25) is 5.91 Å². The summed E-state index contributed by atoms with van der Waals surface area (Å²) in [7, 11) is -1.55. The van der Waals surface area contributed by atoms with Gasteiger partial charge in [-0.25, -0.2) is 4.39 Å². The van der Waals surface area contributed by atoms with Gasteiger partial charge < -0.3 is 5.32 Å². The summed E-state index contributed by atoms with van der Waals surface area (Å²) in [6.07, 6.45) is 0. The normalized spacial score (nSPS) is 16.4. The van der Waals surface area contributed by atoms with E-state index in [0.29, 0.717) is 16.8 Å². The van der Waals surface area contributed by atoms with Crippen LogP contribution in [0.3, 0.4) is 0 Å². The lowest BCUT2D eigenvalue weighted by atomic mass is 9.86. The Balaban J connectivity index is 2.51. The predicted octanol–water partition coefficient (Wildman–Crippen LogP) is 3.28. The molecule has 0 atom stereocenters. The molecule has 19 heavy (non-hydrogen) atoms. The second-order valence-electron chi connectivity index (χ2n) is 6.46. The molecule has 1 N–H and O–H groups in total. The Morgan fingerprint density at radius 3 is 2.47 bits per heavy atom. The molecule has 1 amide bonds. The number of hydrogen-bond acceptors (Lipinski definition) is 1. The number of rotatable bonds is 0. The summed E-state index contributed by atoms with van der Waals surface area (Å²) < 4.78 is 14.1. The van der Waals surface area contributed by atoms with E-state index < -0.39 is 13.5 Å². The molecule has 1 aliphatic rings. The van der Waals surface area contributed by atoms with Gasteiger partial charge in [0.25, 0.3) is 0 Å². The first-order valence-corrected chi connectivity index (χ1v) is 9.80. The van der Waals surface area contributed by atoms with Gasteiger partial charge in [0.1, 0.15) is 13.9 Å². The van der Waals surface area contributed by atoms with E-state index in [9.17, 15) is 9.18 Å². The van der Waals surface area contributed by atoms with Crippen LogP contribution in [-0.4, -0.2) is 14.0 Å². The molecule has 1 heterocycles. The molecule has 2 rings (SSSR count). The van der Waals surface area contributed by atoms with Gasteiger partial charge in [-0.1, -0.05) is 25.6 Å². The predicted molar refractivity (Wildman–Crippen MR) is 78.3 cm³/mol. The molecule has 0 radical (unpaired) electrons. The molecule has 2 nitrogen and oxygen atoms in total. The van der Waals surface area contributed by atoms with Crippen LogP contribution in [0.15, 0.2) is 12.1 Å². The highest BCUT2D eigenvalue weighted by Gasteiger charge is 2.38. The van der Waals surface area contributed by atoms with Crippen molar-refractivity contribution in [1.29, 1.82) is 0 Å². The third-order valence-electron chi connectivity index (χ3n) is 3.17. The van der Waals surface area contributed by atoms with Gasteiger partial charge in [-0.3, -0.25) is 4.79 Å². The molecular weight excluding hydrogens is 257 g/mol. The molecule has 0 spiro atoms. The average Bonchev–Trinajstić information content (AvgIpc) is 2.47. The first-order chi connectivity index (χ1) is 8.61. The summed E-state index contributed by atoms with van der Waals surface area (Å²) in [5, 5.41) is 2.79. The van der Waals surface area contributed by atoms with Gasteiger partial charge in [0.15, 0.2) is 0 Å². The molecule has 0 saturated heterocycles. The highest BCUT2D eigenvalue weighted by Crippen LogP contribution is 2.38. The summed E-state index contributed by atoms with van der Waals surface area (Å²) >= 11 is 0. The minimum absolute atomic E-state index is 0.0998. The van der Waals surface area contributed by atoms with Crippen LogP contribution in [-0.2, 0) is 10.2 Å². The first kappa shape index (κ1) is 13.8. The van der Waals surface area contributed by atoms with Gasteiger partial charge >= 0.3 is 0 Å². The van der Waals surface area contributed by atoms with Crippen molar-refractivity contribution in [3.63, 3.8) is 0 Å². The van der Waals surface area contributed by atoms with E-state index >= 15 is 0 Å². The van der Waals surface area contributed by atoms with Gasteiger partial charge in [-0.05, 0) is 31.5 Å². The Kier molecular flexibility index (Phi) is 3.06. The second-order valence-corrected chi connectivity index (χ2v) is 11.2. The fourth-order valence-corrected chi connectivity index (χ4v) is 2.45. The molecule has 0 bridgehead atoms. The zero-order chi connectivity index (χ0) is 14.4. The summed E-state index contributed by atoms with van der Waals surface area (Å²) in [5.74, 6) is 2.46. The van der Waals surface area contributed by atoms with Crippen molar-refractivity contribution in [1.82, 2.24) is 0 Å². The van der Waals surface area contributed by atoms with Crippen LogP contribution in [0.5, 0.6) is 0 Å². The quantitative estimate of drug-likeness (QED) is 0.571. The molecule has 0 fully saturated rings. The lowest BCUT2D eigenvalue weighted by Crippen LogP contribution is -2.26. The summed E-state index contributed by atoms with van der Waals surface area (Å²) in [5.41, 5.74) is 4.20. The van der Waals surface area contributed by atoms with Crippen LogP contribution in [0, 0.1) is 17.3 Å². The van der Waals surface area contributed by atoms with Crippen LogP contribution >= 0.6 is 0 Å². The number of hydrogen-bond donors (Lipinski definition) is 1. The molecule has 4 heteroatoms. The average molecular weight is 275 g/mol. The minimum Gasteiger partial charge on any atom is -0.325 e. The maximum absolute atomic E-state index is 14.1. The Labute approximate surface area is 114 Å². The van der Waals surface area contributed by atoms with Crippen molar-refractivity contribution < 1.29 is 9.18 Å². The number of anilines is 1. The Bertz CT molecular complexity index is 618. The zero-order valence-electron chi connectivity index (χ0n) is 11.9. The lowest BCUT2D eigenvalue weighted by Gasteiger charge is -2.15. The lowest BCUT2D eigenvalue weighted by molar-refractivity contribution is -0.119. The number of carbonyl (C=O) groups is 1. The van der Waals surface area contributed by atoms with E-state index in [1.807, 2.05) is 0 Å². The molecule has 1 aromatic rings. The molecule has 0 aromatic heterocycles. The van der Waals surface area contributed by atoms with Crippen molar-refractivity contribution in [2.24, 2.45) is 0 Å². The molecule has 100 valence electrons. The van der Waals surface area contributed by atoms with Gasteiger partial charge in [-0.2, -0.15) is 0 Å². The second kappa shape index (κ2) is 4.21. The SMILES string of the molecule is CC1(C)C(=O)Nc2cc(C#C[Si](C)(C)C)c(F)cc21. The summed E-state index contributed by atoms with van der Waals surface area (Å²) in [4.78, 5) is 11.8. The third kappa shape index (κ3) is 2.57. The topological polar surface area (TPSA) is 29.1 Å². The van der Waals surface area contributed by atoms with Crippen molar-refractivity contribution in [2.45, 2.75) is 38.9 Å². The van der Waals surface area contributed by atoms with Crippen molar-refractivity contribution in [3.05, 3.63) is 29.1 Å². The number of benzene rings is 1. The molecule has 1 aromatic carbocycles. The van der Waals surface area contributed by atoms with Crippen LogP contribution in [0.4, 0.5) is 10.1 Å². The van der Waals surface area contributed by atoms with Crippen LogP contribution in [0.2, 0.25) is 19.6 Å². The van der Waals surface area contributed by atoms with Crippen molar-refractivity contribution in [3.8, 4) is 11.5 Å². The molecule has 0 unspecified atom stereocenters. The van der Waals surface area contributed by atoms with Gasteiger partial charge in [0, 0.05) is 5.69 Å². The van der Waals surface area contributed by atoms with E-state index in [0.717, 1.165) is 0 Å². The maximum atomic E-state index is 14.1. The number of amides is 1.